The quantitative estimate of drug-likeness (QED) is 0.607. The molecule has 0 saturated carbocycles. The fourth-order valence-corrected chi connectivity index (χ4v) is 1.85. The molecule has 134 valence electrons. The number of amides is 1. The first kappa shape index (κ1) is 19.8. The van der Waals surface area contributed by atoms with Crippen molar-refractivity contribution in [2.24, 2.45) is 5.41 Å². The normalized spacial score (nSPS) is 10.9. The van der Waals surface area contributed by atoms with Crippen molar-refractivity contribution in [3.05, 3.63) is 17.7 Å². The van der Waals surface area contributed by atoms with Crippen LogP contribution in [0, 0.1) is 5.41 Å². The van der Waals surface area contributed by atoms with Crippen molar-refractivity contribution in [1.82, 2.24) is 0 Å². The molecule has 1 aromatic rings. The van der Waals surface area contributed by atoms with Crippen LogP contribution < -0.4 is 14.8 Å². The Balaban J connectivity index is 3.21. The highest BCUT2D eigenvalue weighted by molar-refractivity contribution is 6.03. The summed E-state index contributed by atoms with van der Waals surface area (Å²) in [4.78, 5) is 24.7. The topological polar surface area (TPSA) is 73.9 Å². The maximum atomic E-state index is 12.4. The number of esters is 1. The first-order valence-electron chi connectivity index (χ1n) is 7.99. The summed E-state index contributed by atoms with van der Waals surface area (Å²) >= 11 is 0. The number of methoxy groups -OCH3 is 2. The maximum absolute atomic E-state index is 12.4. The van der Waals surface area contributed by atoms with Crippen LogP contribution in [-0.4, -0.2) is 32.7 Å². The van der Waals surface area contributed by atoms with Gasteiger partial charge < -0.3 is 19.5 Å². The van der Waals surface area contributed by atoms with Gasteiger partial charge in [0.15, 0.2) is 11.5 Å². The molecule has 0 aliphatic rings. The van der Waals surface area contributed by atoms with E-state index >= 15 is 0 Å². The van der Waals surface area contributed by atoms with E-state index < -0.39 is 11.4 Å². The van der Waals surface area contributed by atoms with E-state index in [4.69, 9.17) is 14.2 Å². The van der Waals surface area contributed by atoms with Gasteiger partial charge in [-0.05, 0) is 6.42 Å². The summed E-state index contributed by atoms with van der Waals surface area (Å²) in [6.07, 6.45) is 1.70. The Bertz CT molecular complexity index is 590. The molecule has 0 unspecified atom stereocenters. The molecule has 0 aromatic heterocycles. The third-order valence-electron chi connectivity index (χ3n) is 3.40. The first-order valence-corrected chi connectivity index (χ1v) is 7.99. The molecule has 1 rings (SSSR count). The molecule has 1 N–H and O–H groups in total. The zero-order valence-electron chi connectivity index (χ0n) is 15.3. The Morgan fingerprint density at radius 1 is 1.08 bits per heavy atom. The molecular formula is C18H27NO5. The van der Waals surface area contributed by atoms with Crippen molar-refractivity contribution in [3.8, 4) is 11.5 Å². The van der Waals surface area contributed by atoms with Crippen LogP contribution in [0.4, 0.5) is 5.69 Å². The number of benzene rings is 1. The zero-order valence-corrected chi connectivity index (χ0v) is 15.3. The molecule has 24 heavy (non-hydrogen) atoms. The molecule has 0 fully saturated rings. The van der Waals surface area contributed by atoms with Crippen LogP contribution in [0.3, 0.4) is 0 Å². The molecule has 0 aliphatic carbocycles. The first-order chi connectivity index (χ1) is 11.2. The van der Waals surface area contributed by atoms with Crippen LogP contribution in [0.1, 0.15) is 50.9 Å². The van der Waals surface area contributed by atoms with E-state index in [2.05, 4.69) is 5.32 Å². The molecule has 6 heteroatoms. The van der Waals surface area contributed by atoms with Gasteiger partial charge in [0.05, 0.1) is 32.1 Å². The van der Waals surface area contributed by atoms with Gasteiger partial charge in [0.2, 0.25) is 5.91 Å². The van der Waals surface area contributed by atoms with E-state index in [1.165, 1.54) is 20.3 Å². The Kier molecular flexibility index (Phi) is 7.07. The number of carbonyl (C=O) groups excluding carboxylic acids is 2. The monoisotopic (exact) mass is 337 g/mol. The smallest absolute Gasteiger partial charge is 0.340 e. The Morgan fingerprint density at radius 2 is 1.67 bits per heavy atom. The third kappa shape index (κ3) is 5.15. The fourth-order valence-electron chi connectivity index (χ4n) is 1.85. The van der Waals surface area contributed by atoms with Crippen LogP contribution in [0.5, 0.6) is 11.5 Å². The number of nitrogens with one attached hydrogen (secondary N) is 1. The van der Waals surface area contributed by atoms with Gasteiger partial charge in [0.1, 0.15) is 0 Å². The molecule has 1 aromatic carbocycles. The van der Waals surface area contributed by atoms with Crippen LogP contribution in [0.15, 0.2) is 12.1 Å². The van der Waals surface area contributed by atoms with Crippen molar-refractivity contribution in [2.45, 2.75) is 40.5 Å². The Hall–Kier alpha value is -2.24. The van der Waals surface area contributed by atoms with Gasteiger partial charge in [0, 0.05) is 17.5 Å². The van der Waals surface area contributed by atoms with Crippen LogP contribution in [0.25, 0.3) is 0 Å². The predicted octanol–water partition coefficient (Wildman–Crippen LogP) is 3.65. The summed E-state index contributed by atoms with van der Waals surface area (Å²) in [7, 11) is 2.98. The van der Waals surface area contributed by atoms with Gasteiger partial charge in [-0.2, -0.15) is 0 Å². The largest absolute Gasteiger partial charge is 0.493 e. The molecule has 0 saturated heterocycles. The van der Waals surface area contributed by atoms with Crippen LogP contribution in [0.2, 0.25) is 0 Å². The Labute approximate surface area is 143 Å². The lowest BCUT2D eigenvalue weighted by molar-refractivity contribution is -0.123. The van der Waals surface area contributed by atoms with E-state index in [0.29, 0.717) is 23.8 Å². The lowest BCUT2D eigenvalue weighted by Gasteiger charge is -2.20. The lowest BCUT2D eigenvalue weighted by atomic mass is 9.95. The van der Waals surface area contributed by atoms with Crippen molar-refractivity contribution < 1.29 is 23.8 Å². The summed E-state index contributed by atoms with van der Waals surface area (Å²) in [5, 5.41) is 2.77. The minimum absolute atomic E-state index is 0.211. The van der Waals surface area contributed by atoms with Gasteiger partial charge in [-0.1, -0.05) is 34.1 Å². The van der Waals surface area contributed by atoms with E-state index in [0.717, 1.165) is 12.8 Å². The lowest BCUT2D eigenvalue weighted by Crippen LogP contribution is -2.28. The summed E-state index contributed by atoms with van der Waals surface area (Å²) < 4.78 is 15.7. The molecule has 0 aliphatic heterocycles. The number of carbonyl (C=O) groups is 2. The number of anilines is 1. The highest BCUT2D eigenvalue weighted by atomic mass is 16.5. The number of unbranched alkanes of at least 4 members (excludes halogenated alkanes) is 1. The second-order valence-electron chi connectivity index (χ2n) is 6.45. The molecular weight excluding hydrogens is 310 g/mol. The van der Waals surface area contributed by atoms with Gasteiger partial charge in [-0.15, -0.1) is 0 Å². The summed E-state index contributed by atoms with van der Waals surface area (Å²) in [5.74, 6) is 0.103. The predicted molar refractivity (Wildman–Crippen MR) is 92.8 cm³/mol. The van der Waals surface area contributed by atoms with E-state index in [1.807, 2.05) is 6.92 Å². The maximum Gasteiger partial charge on any atom is 0.340 e. The zero-order chi connectivity index (χ0) is 18.3. The van der Waals surface area contributed by atoms with Crippen LogP contribution >= 0.6 is 0 Å². The van der Waals surface area contributed by atoms with Gasteiger partial charge in [0.25, 0.3) is 0 Å². The van der Waals surface area contributed by atoms with Gasteiger partial charge in [-0.3, -0.25) is 4.79 Å². The number of hydrogen-bond donors (Lipinski definition) is 1. The van der Waals surface area contributed by atoms with E-state index in [9.17, 15) is 9.59 Å². The Morgan fingerprint density at radius 3 is 2.17 bits per heavy atom. The summed E-state index contributed by atoms with van der Waals surface area (Å²) in [6.45, 7) is 7.72. The minimum Gasteiger partial charge on any atom is -0.493 e. The molecule has 0 radical (unpaired) electrons. The summed E-state index contributed by atoms with van der Waals surface area (Å²) in [5.41, 5.74) is -0.0215. The highest BCUT2D eigenvalue weighted by Crippen LogP contribution is 2.34. The van der Waals surface area contributed by atoms with Gasteiger partial charge >= 0.3 is 5.97 Å². The molecule has 0 atom stereocenters. The fraction of sp³-hybridized carbons (Fsp3) is 0.556. The van der Waals surface area contributed by atoms with E-state index in [-0.39, 0.29) is 11.5 Å². The number of ether oxygens (including phenoxy) is 3. The standard InChI is InChI=1S/C18H27NO5/c1-7-8-9-24-16(20)12-10-14(22-5)15(23-6)11-13(12)19-17(21)18(2,3)4/h10-11H,7-9H2,1-6H3,(H,19,21). The molecule has 6 nitrogen and oxygen atoms in total. The van der Waals surface area contributed by atoms with Crippen LogP contribution in [-0.2, 0) is 9.53 Å². The molecule has 0 bridgehead atoms. The molecule has 0 spiro atoms. The average molecular weight is 337 g/mol. The number of rotatable bonds is 7. The van der Waals surface area contributed by atoms with Crippen molar-refractivity contribution in [1.29, 1.82) is 0 Å². The second-order valence-corrected chi connectivity index (χ2v) is 6.45. The van der Waals surface area contributed by atoms with E-state index in [1.54, 1.807) is 26.8 Å². The average Bonchev–Trinajstić information content (AvgIpc) is 2.53. The minimum atomic E-state index is -0.601. The number of hydrogen-bond acceptors (Lipinski definition) is 5. The molecule has 0 heterocycles. The van der Waals surface area contributed by atoms with Crippen molar-refractivity contribution in [3.63, 3.8) is 0 Å². The van der Waals surface area contributed by atoms with Gasteiger partial charge in [-0.25, -0.2) is 4.79 Å². The summed E-state index contributed by atoms with van der Waals surface area (Å²) in [6, 6.07) is 3.09. The van der Waals surface area contributed by atoms with Crippen molar-refractivity contribution in [2.75, 3.05) is 26.1 Å². The van der Waals surface area contributed by atoms with Crippen molar-refractivity contribution >= 4 is 17.6 Å². The third-order valence-corrected chi connectivity index (χ3v) is 3.40. The molecule has 1 amide bonds. The SMILES string of the molecule is CCCCOC(=O)c1cc(OC)c(OC)cc1NC(=O)C(C)(C)C. The highest BCUT2D eigenvalue weighted by Gasteiger charge is 2.25. The second kappa shape index (κ2) is 8.57.